The Morgan fingerprint density at radius 2 is 1.96 bits per heavy atom. The van der Waals surface area contributed by atoms with Crippen molar-refractivity contribution in [3.8, 4) is 0 Å². The van der Waals surface area contributed by atoms with E-state index in [1.807, 2.05) is 43.9 Å². The highest BCUT2D eigenvalue weighted by atomic mass is 32.1. The van der Waals surface area contributed by atoms with Crippen LogP contribution >= 0.6 is 11.5 Å². The van der Waals surface area contributed by atoms with Crippen LogP contribution in [0.15, 0.2) is 30.3 Å². The molecular formula is C19H26N4OS. The average molecular weight is 359 g/mol. The van der Waals surface area contributed by atoms with Crippen LogP contribution in [0.25, 0.3) is 0 Å². The molecule has 1 atom stereocenters. The van der Waals surface area contributed by atoms with Gasteiger partial charge in [-0.3, -0.25) is 4.79 Å². The maximum absolute atomic E-state index is 12.6. The average Bonchev–Trinajstić information content (AvgIpc) is 3.03. The van der Waals surface area contributed by atoms with Gasteiger partial charge in [-0.15, -0.1) is 0 Å². The third kappa shape index (κ3) is 4.18. The lowest BCUT2D eigenvalue weighted by Crippen LogP contribution is -2.56. The van der Waals surface area contributed by atoms with Crippen molar-refractivity contribution < 1.29 is 4.79 Å². The van der Waals surface area contributed by atoms with E-state index in [4.69, 9.17) is 4.98 Å². The van der Waals surface area contributed by atoms with Crippen molar-refractivity contribution in [2.24, 2.45) is 5.41 Å². The third-order valence-corrected chi connectivity index (χ3v) is 5.28. The Labute approximate surface area is 153 Å². The van der Waals surface area contributed by atoms with Gasteiger partial charge in [0.2, 0.25) is 11.0 Å². The molecule has 1 amide bonds. The monoisotopic (exact) mass is 358 g/mol. The molecule has 0 bridgehead atoms. The minimum absolute atomic E-state index is 0.182. The number of benzene rings is 1. The first-order valence-electron chi connectivity index (χ1n) is 8.77. The number of amides is 1. The second-order valence-corrected chi connectivity index (χ2v) is 8.43. The van der Waals surface area contributed by atoms with Gasteiger partial charge in [0.25, 0.3) is 0 Å². The predicted octanol–water partition coefficient (Wildman–Crippen LogP) is 3.21. The Morgan fingerprint density at radius 1 is 1.24 bits per heavy atom. The van der Waals surface area contributed by atoms with Crippen LogP contribution in [0.5, 0.6) is 0 Å². The second kappa shape index (κ2) is 7.12. The molecular weight excluding hydrogens is 332 g/mol. The van der Waals surface area contributed by atoms with Crippen LogP contribution in [-0.2, 0) is 11.2 Å². The molecule has 0 unspecified atom stereocenters. The molecule has 2 heterocycles. The summed E-state index contributed by atoms with van der Waals surface area (Å²) in [5.74, 6) is 1.09. The topological polar surface area (TPSA) is 49.3 Å². The lowest BCUT2D eigenvalue weighted by Gasteiger charge is -2.42. The van der Waals surface area contributed by atoms with E-state index in [1.165, 1.54) is 17.1 Å². The molecule has 1 aliphatic rings. The number of aromatic nitrogens is 2. The zero-order chi connectivity index (χ0) is 18.0. The highest BCUT2D eigenvalue weighted by molar-refractivity contribution is 7.09. The number of carbonyl (C=O) groups excluding carboxylic acids is 1. The van der Waals surface area contributed by atoms with Gasteiger partial charge in [-0.05, 0) is 12.5 Å². The Balaban J connectivity index is 1.64. The smallest absolute Gasteiger partial charge is 0.228 e. The first kappa shape index (κ1) is 17.9. The molecule has 3 rings (SSSR count). The summed E-state index contributed by atoms with van der Waals surface area (Å²) in [6.07, 6.45) is 0.759. The molecule has 0 saturated carbocycles. The summed E-state index contributed by atoms with van der Waals surface area (Å²) in [5.41, 5.74) is 0.892. The number of anilines is 1. The van der Waals surface area contributed by atoms with E-state index in [0.717, 1.165) is 37.0 Å². The van der Waals surface area contributed by atoms with Gasteiger partial charge in [-0.1, -0.05) is 51.1 Å². The van der Waals surface area contributed by atoms with E-state index in [1.54, 1.807) is 0 Å². The quantitative estimate of drug-likeness (QED) is 0.845. The standard InChI is InChI=1S/C19H26N4OS/c1-14-13-22(10-11-23(14)17(24)19(2,3)4)18-20-16(21-25-18)12-15-8-6-5-7-9-15/h5-9,14H,10-13H2,1-4H3/t14-/m1/s1. The fourth-order valence-corrected chi connectivity index (χ4v) is 3.81. The Hall–Kier alpha value is -1.95. The number of carbonyl (C=O) groups is 1. The van der Waals surface area contributed by atoms with E-state index in [9.17, 15) is 4.79 Å². The summed E-state index contributed by atoms with van der Waals surface area (Å²) in [7, 11) is 0. The lowest BCUT2D eigenvalue weighted by atomic mass is 9.93. The number of hydrogen-bond donors (Lipinski definition) is 0. The molecule has 5 nitrogen and oxygen atoms in total. The molecule has 2 aromatic rings. The molecule has 1 aliphatic heterocycles. The molecule has 1 saturated heterocycles. The Morgan fingerprint density at radius 3 is 2.60 bits per heavy atom. The third-order valence-electron chi connectivity index (χ3n) is 4.46. The summed E-state index contributed by atoms with van der Waals surface area (Å²) in [6.45, 7) is 10.4. The molecule has 0 radical (unpaired) electrons. The molecule has 1 aromatic heterocycles. The van der Waals surface area contributed by atoms with E-state index < -0.39 is 0 Å². The minimum atomic E-state index is -0.331. The van der Waals surface area contributed by atoms with Crippen molar-refractivity contribution in [2.75, 3.05) is 24.5 Å². The van der Waals surface area contributed by atoms with Gasteiger partial charge in [0.05, 0.1) is 0 Å². The molecule has 0 N–H and O–H groups in total. The van der Waals surface area contributed by atoms with Gasteiger partial charge in [0, 0.05) is 49.0 Å². The van der Waals surface area contributed by atoms with Crippen molar-refractivity contribution in [1.82, 2.24) is 14.3 Å². The van der Waals surface area contributed by atoms with Crippen LogP contribution in [-0.4, -0.2) is 45.8 Å². The number of hydrogen-bond acceptors (Lipinski definition) is 5. The maximum Gasteiger partial charge on any atom is 0.228 e. The van der Waals surface area contributed by atoms with Crippen LogP contribution in [0.3, 0.4) is 0 Å². The van der Waals surface area contributed by atoms with Gasteiger partial charge in [0.1, 0.15) is 5.82 Å². The Kier molecular flexibility index (Phi) is 5.08. The van der Waals surface area contributed by atoms with Gasteiger partial charge < -0.3 is 9.80 Å². The van der Waals surface area contributed by atoms with Gasteiger partial charge in [-0.25, -0.2) is 4.98 Å². The van der Waals surface area contributed by atoms with Crippen LogP contribution in [0, 0.1) is 5.41 Å². The predicted molar refractivity (Wildman–Crippen MR) is 102 cm³/mol. The summed E-state index contributed by atoms with van der Waals surface area (Å²) in [5, 5.41) is 0.959. The fraction of sp³-hybridized carbons (Fsp3) is 0.526. The summed E-state index contributed by atoms with van der Waals surface area (Å²) >= 11 is 1.45. The summed E-state index contributed by atoms with van der Waals surface area (Å²) < 4.78 is 4.51. The van der Waals surface area contributed by atoms with Gasteiger partial charge in [0.15, 0.2) is 0 Å². The molecule has 25 heavy (non-hydrogen) atoms. The van der Waals surface area contributed by atoms with Crippen LogP contribution < -0.4 is 4.90 Å². The van der Waals surface area contributed by atoms with Gasteiger partial charge >= 0.3 is 0 Å². The van der Waals surface area contributed by atoms with Gasteiger partial charge in [-0.2, -0.15) is 4.37 Å². The molecule has 0 spiro atoms. The van der Waals surface area contributed by atoms with E-state index in [0.29, 0.717) is 0 Å². The molecule has 134 valence electrons. The van der Waals surface area contributed by atoms with Crippen molar-refractivity contribution in [3.05, 3.63) is 41.7 Å². The van der Waals surface area contributed by atoms with E-state index in [-0.39, 0.29) is 17.4 Å². The van der Waals surface area contributed by atoms with E-state index in [2.05, 4.69) is 28.3 Å². The Bertz CT molecular complexity index is 723. The van der Waals surface area contributed by atoms with Crippen LogP contribution in [0.1, 0.15) is 39.1 Å². The number of nitrogens with zero attached hydrogens (tertiary/aromatic N) is 4. The molecule has 6 heteroatoms. The second-order valence-electron chi connectivity index (χ2n) is 7.70. The van der Waals surface area contributed by atoms with Crippen LogP contribution in [0.4, 0.5) is 5.13 Å². The highest BCUT2D eigenvalue weighted by Gasteiger charge is 2.34. The zero-order valence-electron chi connectivity index (χ0n) is 15.4. The minimum Gasteiger partial charge on any atom is -0.343 e. The summed E-state index contributed by atoms with van der Waals surface area (Å²) in [6, 6.07) is 10.5. The van der Waals surface area contributed by atoms with Crippen molar-refractivity contribution >= 4 is 22.6 Å². The van der Waals surface area contributed by atoms with Crippen molar-refractivity contribution in [2.45, 2.75) is 40.2 Å². The first-order valence-corrected chi connectivity index (χ1v) is 9.54. The maximum atomic E-state index is 12.6. The molecule has 0 aliphatic carbocycles. The lowest BCUT2D eigenvalue weighted by molar-refractivity contribution is -0.142. The van der Waals surface area contributed by atoms with Crippen molar-refractivity contribution in [3.63, 3.8) is 0 Å². The number of piperazine rings is 1. The first-order chi connectivity index (χ1) is 11.8. The number of rotatable bonds is 3. The highest BCUT2D eigenvalue weighted by Crippen LogP contribution is 2.25. The van der Waals surface area contributed by atoms with E-state index >= 15 is 0 Å². The zero-order valence-corrected chi connectivity index (χ0v) is 16.2. The normalized spacial score (nSPS) is 18.5. The van der Waals surface area contributed by atoms with Crippen LogP contribution in [0.2, 0.25) is 0 Å². The molecule has 1 aromatic carbocycles. The SMILES string of the molecule is C[C@@H]1CN(c2nc(Cc3ccccc3)ns2)CCN1C(=O)C(C)(C)C. The fourth-order valence-electron chi connectivity index (χ4n) is 3.09. The summed E-state index contributed by atoms with van der Waals surface area (Å²) in [4.78, 5) is 21.5. The van der Waals surface area contributed by atoms with Crippen molar-refractivity contribution in [1.29, 1.82) is 0 Å². The molecule has 1 fully saturated rings. The largest absolute Gasteiger partial charge is 0.343 e.